The zero-order valence-corrected chi connectivity index (χ0v) is 13.9. The lowest BCUT2D eigenvalue weighted by Crippen LogP contribution is -2.30. The van der Waals surface area contributed by atoms with Gasteiger partial charge in [-0.15, -0.1) is 0 Å². The molecule has 0 aromatic heterocycles. The third-order valence-electron chi connectivity index (χ3n) is 4.19. The highest BCUT2D eigenvalue weighted by Gasteiger charge is 2.32. The van der Waals surface area contributed by atoms with Gasteiger partial charge in [-0.1, -0.05) is 48.5 Å². The van der Waals surface area contributed by atoms with Crippen molar-refractivity contribution in [1.82, 2.24) is 0 Å². The SMILES string of the molecule is O=C1C=C(c2ccccc2)C(=O)N1c1ccc(Nc2ccccc2)cc1. The van der Waals surface area contributed by atoms with Gasteiger partial charge in [-0.2, -0.15) is 0 Å². The normalized spacial score (nSPS) is 13.7. The van der Waals surface area contributed by atoms with Crippen LogP contribution in [0.2, 0.25) is 0 Å². The molecule has 26 heavy (non-hydrogen) atoms. The molecule has 0 radical (unpaired) electrons. The summed E-state index contributed by atoms with van der Waals surface area (Å²) in [4.78, 5) is 26.3. The van der Waals surface area contributed by atoms with Crippen LogP contribution in [0.15, 0.2) is 91.0 Å². The van der Waals surface area contributed by atoms with Gasteiger partial charge in [0.1, 0.15) is 0 Å². The van der Waals surface area contributed by atoms with Crippen molar-refractivity contribution in [2.45, 2.75) is 0 Å². The summed E-state index contributed by atoms with van der Waals surface area (Å²) in [6.45, 7) is 0. The lowest BCUT2D eigenvalue weighted by molar-refractivity contribution is -0.119. The second-order valence-corrected chi connectivity index (χ2v) is 5.94. The maximum Gasteiger partial charge on any atom is 0.266 e. The summed E-state index contributed by atoms with van der Waals surface area (Å²) < 4.78 is 0. The zero-order valence-electron chi connectivity index (χ0n) is 13.9. The van der Waals surface area contributed by atoms with Crippen molar-refractivity contribution in [2.75, 3.05) is 10.2 Å². The fraction of sp³-hybridized carbons (Fsp3) is 0. The van der Waals surface area contributed by atoms with E-state index in [2.05, 4.69) is 5.32 Å². The molecule has 0 unspecified atom stereocenters. The molecule has 2 amide bonds. The minimum absolute atomic E-state index is 0.301. The summed E-state index contributed by atoms with van der Waals surface area (Å²) >= 11 is 0. The van der Waals surface area contributed by atoms with Gasteiger partial charge in [-0.05, 0) is 42.0 Å². The van der Waals surface area contributed by atoms with Crippen molar-refractivity contribution in [3.05, 3.63) is 96.6 Å². The Bertz CT molecular complexity index is 978. The number of benzene rings is 3. The molecular weight excluding hydrogens is 324 g/mol. The van der Waals surface area contributed by atoms with Crippen LogP contribution in [0.3, 0.4) is 0 Å². The molecule has 1 aliphatic heterocycles. The van der Waals surface area contributed by atoms with Gasteiger partial charge < -0.3 is 5.32 Å². The van der Waals surface area contributed by atoms with Crippen LogP contribution in [0.1, 0.15) is 5.56 Å². The number of para-hydroxylation sites is 1. The first-order chi connectivity index (χ1) is 12.7. The second kappa shape index (κ2) is 6.69. The number of hydrogen-bond donors (Lipinski definition) is 1. The van der Waals surface area contributed by atoms with Crippen LogP contribution in [0, 0.1) is 0 Å². The predicted octanol–water partition coefficient (Wildman–Crippen LogP) is 4.39. The first-order valence-corrected chi connectivity index (χ1v) is 8.30. The summed E-state index contributed by atoms with van der Waals surface area (Å²) in [5, 5.41) is 3.28. The molecule has 0 atom stereocenters. The molecule has 126 valence electrons. The summed E-state index contributed by atoms with van der Waals surface area (Å²) in [5.41, 5.74) is 3.58. The van der Waals surface area contributed by atoms with Gasteiger partial charge in [0.05, 0.1) is 11.3 Å². The molecule has 0 fully saturated rings. The number of nitrogens with one attached hydrogen (secondary N) is 1. The van der Waals surface area contributed by atoms with E-state index < -0.39 is 0 Å². The Hall–Kier alpha value is -3.66. The molecule has 1 aliphatic rings. The van der Waals surface area contributed by atoms with Crippen molar-refractivity contribution < 1.29 is 9.59 Å². The smallest absolute Gasteiger partial charge is 0.266 e. The average molecular weight is 340 g/mol. The molecule has 0 spiro atoms. The van der Waals surface area contributed by atoms with Gasteiger partial charge in [-0.3, -0.25) is 9.59 Å². The zero-order chi connectivity index (χ0) is 17.9. The van der Waals surface area contributed by atoms with Gasteiger partial charge >= 0.3 is 0 Å². The molecule has 3 aromatic rings. The van der Waals surface area contributed by atoms with E-state index in [-0.39, 0.29) is 11.8 Å². The topological polar surface area (TPSA) is 49.4 Å². The van der Waals surface area contributed by atoms with Crippen molar-refractivity contribution in [3.63, 3.8) is 0 Å². The Labute approximate surface area is 151 Å². The minimum atomic E-state index is -0.322. The maximum absolute atomic E-state index is 12.7. The highest BCUT2D eigenvalue weighted by molar-refractivity contribution is 6.43. The highest BCUT2D eigenvalue weighted by atomic mass is 16.2. The van der Waals surface area contributed by atoms with Crippen LogP contribution >= 0.6 is 0 Å². The fourth-order valence-corrected chi connectivity index (χ4v) is 2.92. The third kappa shape index (κ3) is 3.00. The number of carbonyl (C=O) groups is 2. The van der Waals surface area contributed by atoms with Crippen LogP contribution in [0.4, 0.5) is 17.1 Å². The largest absolute Gasteiger partial charge is 0.356 e. The van der Waals surface area contributed by atoms with E-state index >= 15 is 0 Å². The van der Waals surface area contributed by atoms with Crippen molar-refractivity contribution in [2.24, 2.45) is 0 Å². The van der Waals surface area contributed by atoms with Gasteiger partial charge in [0.25, 0.3) is 11.8 Å². The van der Waals surface area contributed by atoms with Gasteiger partial charge in [-0.25, -0.2) is 4.90 Å². The lowest BCUT2D eigenvalue weighted by atomic mass is 10.1. The van der Waals surface area contributed by atoms with Crippen molar-refractivity contribution in [3.8, 4) is 0 Å². The van der Waals surface area contributed by atoms with Crippen LogP contribution < -0.4 is 10.2 Å². The van der Waals surface area contributed by atoms with Gasteiger partial charge in [0, 0.05) is 17.5 Å². The van der Waals surface area contributed by atoms with Crippen molar-refractivity contribution in [1.29, 1.82) is 0 Å². The summed E-state index contributed by atoms with van der Waals surface area (Å²) in [6, 6.07) is 26.3. The quantitative estimate of drug-likeness (QED) is 0.717. The fourth-order valence-electron chi connectivity index (χ4n) is 2.92. The maximum atomic E-state index is 12.7. The number of imide groups is 1. The first-order valence-electron chi connectivity index (χ1n) is 8.30. The molecule has 0 bridgehead atoms. The Balaban J connectivity index is 1.55. The first kappa shape index (κ1) is 15.8. The third-order valence-corrected chi connectivity index (χ3v) is 4.19. The van der Waals surface area contributed by atoms with Crippen LogP contribution in [0.25, 0.3) is 5.57 Å². The van der Waals surface area contributed by atoms with E-state index in [0.29, 0.717) is 11.3 Å². The lowest BCUT2D eigenvalue weighted by Gasteiger charge is -2.16. The standard InChI is InChI=1S/C22H16N2O2/c25-21-15-20(16-7-3-1-4-8-16)22(26)24(21)19-13-11-18(12-14-19)23-17-9-5-2-6-10-17/h1-15,23H. The highest BCUT2D eigenvalue weighted by Crippen LogP contribution is 2.29. The molecule has 1 N–H and O–H groups in total. The molecule has 0 aliphatic carbocycles. The van der Waals surface area contributed by atoms with E-state index in [9.17, 15) is 9.59 Å². The molecule has 1 heterocycles. The molecule has 0 saturated carbocycles. The second-order valence-electron chi connectivity index (χ2n) is 5.94. The van der Waals surface area contributed by atoms with Crippen LogP contribution in [0.5, 0.6) is 0 Å². The Kier molecular flexibility index (Phi) is 4.07. The summed E-state index contributed by atoms with van der Waals surface area (Å²) in [6.07, 6.45) is 1.40. The van der Waals surface area contributed by atoms with Gasteiger partial charge in [0.15, 0.2) is 0 Å². The number of nitrogens with zero attached hydrogens (tertiary/aromatic N) is 1. The molecule has 0 saturated heterocycles. The Morgan fingerprint density at radius 3 is 1.88 bits per heavy atom. The number of carbonyl (C=O) groups excluding carboxylic acids is 2. The van der Waals surface area contributed by atoms with Crippen LogP contribution in [-0.4, -0.2) is 11.8 Å². The predicted molar refractivity (Wildman–Crippen MR) is 103 cm³/mol. The number of amides is 2. The van der Waals surface area contributed by atoms with E-state index in [0.717, 1.165) is 16.9 Å². The summed E-state index contributed by atoms with van der Waals surface area (Å²) in [5.74, 6) is -0.623. The van der Waals surface area contributed by atoms with Crippen LogP contribution in [-0.2, 0) is 9.59 Å². The minimum Gasteiger partial charge on any atom is -0.356 e. The molecular formula is C22H16N2O2. The monoisotopic (exact) mass is 340 g/mol. The molecule has 4 heteroatoms. The van der Waals surface area contributed by atoms with Crippen molar-refractivity contribution >= 4 is 34.4 Å². The number of hydrogen-bond acceptors (Lipinski definition) is 3. The van der Waals surface area contributed by atoms with E-state index in [1.54, 1.807) is 12.1 Å². The summed E-state index contributed by atoms with van der Waals surface area (Å²) in [7, 11) is 0. The molecule has 4 nitrogen and oxygen atoms in total. The Morgan fingerprint density at radius 2 is 1.23 bits per heavy atom. The molecule has 4 rings (SSSR count). The van der Waals surface area contributed by atoms with E-state index in [1.165, 1.54) is 11.0 Å². The average Bonchev–Trinajstić information content (AvgIpc) is 2.98. The Morgan fingerprint density at radius 1 is 0.654 bits per heavy atom. The van der Waals surface area contributed by atoms with Gasteiger partial charge in [0.2, 0.25) is 0 Å². The van der Waals surface area contributed by atoms with E-state index in [1.807, 2.05) is 72.8 Å². The molecule has 3 aromatic carbocycles. The number of anilines is 3. The van der Waals surface area contributed by atoms with E-state index in [4.69, 9.17) is 0 Å². The number of rotatable bonds is 4.